The van der Waals surface area contributed by atoms with Gasteiger partial charge in [-0.3, -0.25) is 9.59 Å². The van der Waals surface area contributed by atoms with Crippen molar-refractivity contribution in [2.75, 3.05) is 30.0 Å². The monoisotopic (exact) mass is 448 g/mol. The van der Waals surface area contributed by atoms with Crippen molar-refractivity contribution in [2.24, 2.45) is 0 Å². The topological polar surface area (TPSA) is 67.9 Å². The Kier molecular flexibility index (Phi) is 6.88. The Hall–Kier alpha value is -3.87. The molecule has 0 spiro atoms. The van der Waals surface area contributed by atoms with Gasteiger partial charge < -0.3 is 19.7 Å². The van der Waals surface area contributed by atoms with Crippen LogP contribution in [0.2, 0.25) is 0 Å². The Morgan fingerprint density at radius 1 is 1.09 bits per heavy atom. The van der Waals surface area contributed by atoms with Gasteiger partial charge in [-0.25, -0.2) is 4.39 Å². The fraction of sp³-hybridized carbons (Fsp3) is 0.231. The van der Waals surface area contributed by atoms with Crippen molar-refractivity contribution < 1.29 is 23.5 Å². The first kappa shape index (κ1) is 22.3. The fourth-order valence-corrected chi connectivity index (χ4v) is 3.64. The average Bonchev–Trinajstić information content (AvgIpc) is 2.80. The first-order valence-corrected chi connectivity index (χ1v) is 10.8. The summed E-state index contributed by atoms with van der Waals surface area (Å²) in [5, 5.41) is 2.69. The van der Waals surface area contributed by atoms with E-state index >= 15 is 0 Å². The van der Waals surface area contributed by atoms with Crippen LogP contribution in [0, 0.1) is 12.7 Å². The number of aryl methyl sites for hydroxylation is 1. The van der Waals surface area contributed by atoms with Crippen LogP contribution in [0.1, 0.15) is 28.8 Å². The molecule has 0 saturated carbocycles. The highest BCUT2D eigenvalue weighted by Gasteiger charge is 2.25. The molecule has 4 rings (SSSR count). The van der Waals surface area contributed by atoms with E-state index in [0.717, 1.165) is 24.2 Å². The van der Waals surface area contributed by atoms with E-state index in [9.17, 15) is 14.0 Å². The molecule has 0 aliphatic carbocycles. The van der Waals surface area contributed by atoms with E-state index in [-0.39, 0.29) is 18.1 Å². The molecular formula is C26H25FN2O4. The predicted molar refractivity (Wildman–Crippen MR) is 125 cm³/mol. The predicted octanol–water partition coefficient (Wildman–Crippen LogP) is 4.97. The summed E-state index contributed by atoms with van der Waals surface area (Å²) in [5.41, 5.74) is 2.12. The van der Waals surface area contributed by atoms with Crippen LogP contribution < -0.4 is 19.7 Å². The zero-order valence-corrected chi connectivity index (χ0v) is 18.3. The molecule has 170 valence electrons. The number of halogens is 1. The van der Waals surface area contributed by atoms with Crippen molar-refractivity contribution in [2.45, 2.75) is 19.8 Å². The summed E-state index contributed by atoms with van der Waals surface area (Å²) < 4.78 is 25.2. The van der Waals surface area contributed by atoms with Gasteiger partial charge in [-0.1, -0.05) is 24.3 Å². The van der Waals surface area contributed by atoms with Gasteiger partial charge in [-0.05, 0) is 67.8 Å². The molecule has 6 nitrogen and oxygen atoms in total. The zero-order chi connectivity index (χ0) is 23.2. The van der Waals surface area contributed by atoms with Crippen molar-refractivity contribution >= 4 is 23.2 Å². The van der Waals surface area contributed by atoms with Crippen LogP contribution >= 0.6 is 0 Å². The van der Waals surface area contributed by atoms with Crippen LogP contribution in [0.3, 0.4) is 0 Å². The van der Waals surface area contributed by atoms with Gasteiger partial charge in [0.15, 0.2) is 6.61 Å². The molecular weight excluding hydrogens is 423 g/mol. The maximum atomic E-state index is 13.9. The van der Waals surface area contributed by atoms with Gasteiger partial charge in [0.05, 0.1) is 17.9 Å². The lowest BCUT2D eigenvalue weighted by atomic mass is 10.1. The fourth-order valence-electron chi connectivity index (χ4n) is 3.64. The van der Waals surface area contributed by atoms with Crippen LogP contribution in [0.25, 0.3) is 0 Å². The van der Waals surface area contributed by atoms with Crippen LogP contribution in [0.5, 0.6) is 11.5 Å². The number of rotatable bonds is 8. The zero-order valence-electron chi connectivity index (χ0n) is 18.3. The molecule has 3 aromatic rings. The van der Waals surface area contributed by atoms with E-state index in [2.05, 4.69) is 5.32 Å². The van der Waals surface area contributed by atoms with Gasteiger partial charge >= 0.3 is 0 Å². The molecule has 0 saturated heterocycles. The van der Waals surface area contributed by atoms with Gasteiger partial charge in [-0.2, -0.15) is 0 Å². The molecule has 1 aliphatic heterocycles. The second kappa shape index (κ2) is 10.2. The van der Waals surface area contributed by atoms with E-state index in [4.69, 9.17) is 9.47 Å². The smallest absolute Gasteiger partial charge is 0.265 e. The minimum absolute atomic E-state index is 0.0340. The minimum atomic E-state index is -0.596. The lowest BCUT2D eigenvalue weighted by Crippen LogP contribution is -2.39. The van der Waals surface area contributed by atoms with Crippen LogP contribution in [0.15, 0.2) is 66.7 Å². The third kappa shape index (κ3) is 5.49. The molecule has 0 atom stereocenters. The highest BCUT2D eigenvalue weighted by molar-refractivity contribution is 6.05. The Balaban J connectivity index is 1.38. The van der Waals surface area contributed by atoms with Gasteiger partial charge in [0.25, 0.3) is 11.8 Å². The van der Waals surface area contributed by atoms with Crippen LogP contribution in [-0.2, 0) is 4.79 Å². The summed E-state index contributed by atoms with van der Waals surface area (Å²) in [7, 11) is 0. The summed E-state index contributed by atoms with van der Waals surface area (Å²) in [6.07, 6.45) is 1.51. The molecule has 0 fully saturated rings. The first-order valence-electron chi connectivity index (χ1n) is 10.8. The number of benzene rings is 3. The van der Waals surface area contributed by atoms with Gasteiger partial charge in [0.1, 0.15) is 17.3 Å². The molecule has 1 heterocycles. The van der Waals surface area contributed by atoms with E-state index in [1.54, 1.807) is 29.2 Å². The number of hydrogen-bond donors (Lipinski definition) is 1. The van der Waals surface area contributed by atoms with E-state index < -0.39 is 11.7 Å². The Morgan fingerprint density at radius 3 is 2.76 bits per heavy atom. The standard InChI is InChI=1S/C26H25FN2O4/c1-18-7-6-8-20(15-18)32-14-5-4-13-29-23-16-19(11-12-24(23)33-17-25(29)30)28-26(31)21-9-2-3-10-22(21)27/h2-3,6-12,15-16H,4-5,13-14,17H2,1H3,(H,28,31). The molecule has 0 unspecified atom stereocenters. The number of anilines is 2. The summed E-state index contributed by atoms with van der Waals surface area (Å²) in [5.74, 6) is 0.0872. The number of hydrogen-bond acceptors (Lipinski definition) is 4. The maximum absolute atomic E-state index is 13.9. The molecule has 1 N–H and O–H groups in total. The number of nitrogens with zero attached hydrogens (tertiary/aromatic N) is 1. The molecule has 0 bridgehead atoms. The van der Waals surface area contributed by atoms with Crippen LogP contribution in [0.4, 0.5) is 15.8 Å². The number of carbonyl (C=O) groups excluding carboxylic acids is 2. The van der Waals surface area contributed by atoms with E-state index in [0.29, 0.717) is 30.3 Å². The third-order valence-electron chi connectivity index (χ3n) is 5.31. The van der Waals surface area contributed by atoms with E-state index in [1.165, 1.54) is 18.2 Å². The summed E-state index contributed by atoms with van der Waals surface area (Å²) in [6.45, 7) is 3.03. The second-order valence-corrected chi connectivity index (χ2v) is 7.82. The van der Waals surface area contributed by atoms with Crippen molar-refractivity contribution in [1.29, 1.82) is 0 Å². The number of amides is 2. The Morgan fingerprint density at radius 2 is 1.94 bits per heavy atom. The summed E-state index contributed by atoms with van der Waals surface area (Å²) in [6, 6.07) is 18.7. The molecule has 1 aliphatic rings. The van der Waals surface area contributed by atoms with Crippen molar-refractivity contribution in [3.8, 4) is 11.5 Å². The molecule has 7 heteroatoms. The van der Waals surface area contributed by atoms with Crippen LogP contribution in [-0.4, -0.2) is 31.6 Å². The molecule has 2 amide bonds. The van der Waals surface area contributed by atoms with Crippen molar-refractivity contribution in [3.63, 3.8) is 0 Å². The second-order valence-electron chi connectivity index (χ2n) is 7.82. The molecule has 33 heavy (non-hydrogen) atoms. The number of unbranched alkanes of at least 4 members (excludes halogenated alkanes) is 1. The van der Waals surface area contributed by atoms with Gasteiger partial charge in [0.2, 0.25) is 0 Å². The molecule has 3 aromatic carbocycles. The van der Waals surface area contributed by atoms with E-state index in [1.807, 2.05) is 31.2 Å². The van der Waals surface area contributed by atoms with Gasteiger partial charge in [0, 0.05) is 12.2 Å². The summed E-state index contributed by atoms with van der Waals surface area (Å²) in [4.78, 5) is 26.6. The normalized spacial score (nSPS) is 12.7. The molecule has 0 radical (unpaired) electrons. The maximum Gasteiger partial charge on any atom is 0.265 e. The van der Waals surface area contributed by atoms with Crippen molar-refractivity contribution in [3.05, 3.63) is 83.7 Å². The lowest BCUT2D eigenvalue weighted by Gasteiger charge is -2.30. The lowest BCUT2D eigenvalue weighted by molar-refractivity contribution is -0.121. The highest BCUT2D eigenvalue weighted by atomic mass is 19.1. The number of ether oxygens (including phenoxy) is 2. The highest BCUT2D eigenvalue weighted by Crippen LogP contribution is 2.35. The largest absolute Gasteiger partial charge is 0.494 e. The number of nitrogens with one attached hydrogen (secondary N) is 1. The quantitative estimate of drug-likeness (QED) is 0.494. The number of fused-ring (bicyclic) bond motifs is 1. The summed E-state index contributed by atoms with van der Waals surface area (Å²) >= 11 is 0. The number of carbonyl (C=O) groups is 2. The Labute approximate surface area is 191 Å². The van der Waals surface area contributed by atoms with Gasteiger partial charge in [-0.15, -0.1) is 0 Å². The van der Waals surface area contributed by atoms with Crippen molar-refractivity contribution in [1.82, 2.24) is 0 Å². The first-order chi connectivity index (χ1) is 16.0. The SMILES string of the molecule is Cc1cccc(OCCCCN2C(=O)COc3ccc(NC(=O)c4ccccc4F)cc32)c1. The minimum Gasteiger partial charge on any atom is -0.494 e. The average molecular weight is 448 g/mol. The Bertz CT molecular complexity index is 1160. The molecule has 0 aromatic heterocycles. The third-order valence-corrected chi connectivity index (χ3v) is 5.31.